The summed E-state index contributed by atoms with van der Waals surface area (Å²) in [5.41, 5.74) is 3.90. The number of para-hydroxylation sites is 1. The van der Waals surface area contributed by atoms with Gasteiger partial charge in [-0.3, -0.25) is 14.6 Å². The zero-order valence-electron chi connectivity index (χ0n) is 16.0. The molecule has 26 heavy (non-hydrogen) atoms. The van der Waals surface area contributed by atoms with Crippen LogP contribution in [0.15, 0.2) is 42.6 Å². The van der Waals surface area contributed by atoms with Gasteiger partial charge >= 0.3 is 0 Å². The van der Waals surface area contributed by atoms with Gasteiger partial charge in [0.1, 0.15) is 0 Å². The van der Waals surface area contributed by atoms with Crippen LogP contribution in [-0.4, -0.2) is 23.3 Å². The Labute approximate surface area is 155 Å². The maximum absolute atomic E-state index is 12.2. The summed E-state index contributed by atoms with van der Waals surface area (Å²) in [4.78, 5) is 30.3. The molecule has 0 unspecified atom stereocenters. The number of nitrogens with zero attached hydrogens (tertiary/aromatic N) is 2. The van der Waals surface area contributed by atoms with Crippen LogP contribution in [0.3, 0.4) is 0 Å². The van der Waals surface area contributed by atoms with E-state index in [4.69, 9.17) is 0 Å². The zero-order chi connectivity index (χ0) is 19.1. The van der Waals surface area contributed by atoms with Crippen molar-refractivity contribution >= 4 is 17.5 Å². The highest BCUT2D eigenvalue weighted by Gasteiger charge is 2.20. The fourth-order valence-electron chi connectivity index (χ4n) is 2.94. The Balaban J connectivity index is 2.05. The molecule has 138 valence electrons. The Morgan fingerprint density at radius 2 is 1.92 bits per heavy atom. The number of nitrogens with one attached hydrogen (secondary N) is 1. The van der Waals surface area contributed by atoms with Crippen molar-refractivity contribution in [1.82, 2.24) is 10.3 Å². The molecule has 0 spiro atoms. The van der Waals surface area contributed by atoms with Gasteiger partial charge in [0.05, 0.1) is 12.2 Å². The molecule has 0 atom stereocenters. The lowest BCUT2D eigenvalue weighted by atomic mass is 9.97. The molecule has 2 rings (SSSR count). The minimum absolute atomic E-state index is 0.0567. The molecule has 5 heteroatoms. The van der Waals surface area contributed by atoms with Gasteiger partial charge in [-0.15, -0.1) is 0 Å². The van der Waals surface area contributed by atoms with Crippen molar-refractivity contribution in [3.05, 3.63) is 59.4 Å². The number of carbonyl (C=O) groups excluding carboxylic acids is 2. The van der Waals surface area contributed by atoms with E-state index in [1.807, 2.05) is 43.3 Å². The van der Waals surface area contributed by atoms with Gasteiger partial charge in [0.15, 0.2) is 0 Å². The Bertz CT molecular complexity index is 757. The lowest BCUT2D eigenvalue weighted by Crippen LogP contribution is -2.35. The Kier molecular flexibility index (Phi) is 6.89. The first-order chi connectivity index (χ1) is 12.4. The summed E-state index contributed by atoms with van der Waals surface area (Å²) < 4.78 is 0. The van der Waals surface area contributed by atoms with Crippen molar-refractivity contribution in [3.63, 3.8) is 0 Å². The predicted molar refractivity (Wildman–Crippen MR) is 104 cm³/mol. The SMILES string of the molecule is CC(=O)N(CCC(=O)NCc1ccccn1)c1c(C)cccc1C(C)C. The van der Waals surface area contributed by atoms with Crippen LogP contribution in [0.2, 0.25) is 0 Å². The highest BCUT2D eigenvalue weighted by atomic mass is 16.2. The molecular weight excluding hydrogens is 326 g/mol. The van der Waals surface area contributed by atoms with E-state index in [1.54, 1.807) is 18.0 Å². The molecule has 0 fully saturated rings. The van der Waals surface area contributed by atoms with Crippen molar-refractivity contribution in [1.29, 1.82) is 0 Å². The maximum atomic E-state index is 12.2. The summed E-state index contributed by atoms with van der Waals surface area (Å²) in [5.74, 6) is 0.144. The highest BCUT2D eigenvalue weighted by molar-refractivity contribution is 5.94. The second-order valence-electron chi connectivity index (χ2n) is 6.69. The van der Waals surface area contributed by atoms with Crippen LogP contribution in [0.5, 0.6) is 0 Å². The summed E-state index contributed by atoms with van der Waals surface area (Å²) >= 11 is 0. The van der Waals surface area contributed by atoms with E-state index in [9.17, 15) is 9.59 Å². The highest BCUT2D eigenvalue weighted by Crippen LogP contribution is 2.31. The standard InChI is InChI=1S/C21H27N3O2/c1-15(2)19-10-7-8-16(3)21(19)24(17(4)25)13-11-20(26)23-14-18-9-5-6-12-22-18/h5-10,12,15H,11,13-14H2,1-4H3,(H,23,26). The number of benzene rings is 1. The third-order valence-corrected chi connectivity index (χ3v) is 4.30. The van der Waals surface area contributed by atoms with Crippen LogP contribution < -0.4 is 10.2 Å². The third-order valence-electron chi connectivity index (χ3n) is 4.30. The Morgan fingerprint density at radius 1 is 1.15 bits per heavy atom. The first-order valence-corrected chi connectivity index (χ1v) is 8.94. The number of amides is 2. The van der Waals surface area contributed by atoms with Gasteiger partial charge in [0, 0.05) is 31.8 Å². The maximum Gasteiger partial charge on any atom is 0.223 e. The van der Waals surface area contributed by atoms with Gasteiger partial charge in [-0.05, 0) is 36.1 Å². The number of pyridine rings is 1. The first-order valence-electron chi connectivity index (χ1n) is 8.94. The molecule has 1 aromatic heterocycles. The molecule has 5 nitrogen and oxygen atoms in total. The number of aryl methyl sites for hydroxylation is 1. The molecular formula is C21H27N3O2. The zero-order valence-corrected chi connectivity index (χ0v) is 16.0. The van der Waals surface area contributed by atoms with Gasteiger partial charge < -0.3 is 10.2 Å². The van der Waals surface area contributed by atoms with Crippen LogP contribution >= 0.6 is 0 Å². The molecule has 0 bridgehead atoms. The number of rotatable bonds is 7. The van der Waals surface area contributed by atoms with Crippen molar-refractivity contribution in [2.45, 2.75) is 46.6 Å². The van der Waals surface area contributed by atoms with E-state index in [2.05, 4.69) is 24.1 Å². The lowest BCUT2D eigenvalue weighted by Gasteiger charge is -2.27. The predicted octanol–water partition coefficient (Wildman–Crippen LogP) is 3.57. The summed E-state index contributed by atoms with van der Waals surface area (Å²) in [5, 5.41) is 2.86. The average Bonchev–Trinajstić information content (AvgIpc) is 2.61. The largest absolute Gasteiger partial charge is 0.350 e. The van der Waals surface area contributed by atoms with Gasteiger partial charge in [0.25, 0.3) is 0 Å². The van der Waals surface area contributed by atoms with E-state index in [0.717, 1.165) is 22.5 Å². The fraction of sp³-hybridized carbons (Fsp3) is 0.381. The topological polar surface area (TPSA) is 62.3 Å². The van der Waals surface area contributed by atoms with Gasteiger partial charge in [-0.1, -0.05) is 38.1 Å². The van der Waals surface area contributed by atoms with Crippen molar-refractivity contribution in [2.24, 2.45) is 0 Å². The smallest absolute Gasteiger partial charge is 0.223 e. The molecule has 0 saturated carbocycles. The van der Waals surface area contributed by atoms with Crippen molar-refractivity contribution in [3.8, 4) is 0 Å². The van der Waals surface area contributed by atoms with E-state index < -0.39 is 0 Å². The second-order valence-corrected chi connectivity index (χ2v) is 6.69. The number of carbonyl (C=O) groups is 2. The van der Waals surface area contributed by atoms with Gasteiger partial charge in [-0.25, -0.2) is 0 Å². The van der Waals surface area contributed by atoms with Gasteiger partial charge in [0.2, 0.25) is 11.8 Å². The molecule has 0 aliphatic carbocycles. The molecule has 0 aliphatic rings. The van der Waals surface area contributed by atoms with E-state index in [0.29, 0.717) is 19.0 Å². The third kappa shape index (κ3) is 5.15. The molecule has 2 aromatic rings. The van der Waals surface area contributed by atoms with Crippen molar-refractivity contribution in [2.75, 3.05) is 11.4 Å². The number of hydrogen-bond donors (Lipinski definition) is 1. The molecule has 1 heterocycles. The van der Waals surface area contributed by atoms with Crippen LogP contribution in [0.4, 0.5) is 5.69 Å². The van der Waals surface area contributed by atoms with E-state index in [-0.39, 0.29) is 18.2 Å². The molecule has 0 aliphatic heterocycles. The number of hydrogen-bond acceptors (Lipinski definition) is 3. The second kappa shape index (κ2) is 9.13. The number of anilines is 1. The van der Waals surface area contributed by atoms with Crippen LogP contribution in [0.1, 0.15) is 49.9 Å². The minimum Gasteiger partial charge on any atom is -0.350 e. The quantitative estimate of drug-likeness (QED) is 0.828. The van der Waals surface area contributed by atoms with Crippen LogP contribution in [0, 0.1) is 6.92 Å². The van der Waals surface area contributed by atoms with Crippen LogP contribution in [-0.2, 0) is 16.1 Å². The number of aromatic nitrogens is 1. The fourth-order valence-corrected chi connectivity index (χ4v) is 2.94. The first kappa shape index (κ1) is 19.6. The Morgan fingerprint density at radius 3 is 2.54 bits per heavy atom. The minimum atomic E-state index is -0.0958. The van der Waals surface area contributed by atoms with E-state index >= 15 is 0 Å². The van der Waals surface area contributed by atoms with Crippen molar-refractivity contribution < 1.29 is 9.59 Å². The van der Waals surface area contributed by atoms with Crippen LogP contribution in [0.25, 0.3) is 0 Å². The summed E-state index contributed by atoms with van der Waals surface area (Å²) in [7, 11) is 0. The summed E-state index contributed by atoms with van der Waals surface area (Å²) in [6.45, 7) is 8.50. The molecule has 0 saturated heterocycles. The van der Waals surface area contributed by atoms with Gasteiger partial charge in [-0.2, -0.15) is 0 Å². The average molecular weight is 353 g/mol. The monoisotopic (exact) mass is 353 g/mol. The molecule has 1 aromatic carbocycles. The Hall–Kier alpha value is -2.69. The molecule has 1 N–H and O–H groups in total. The summed E-state index contributed by atoms with van der Waals surface area (Å²) in [6, 6.07) is 11.6. The normalized spacial score (nSPS) is 10.7. The van der Waals surface area contributed by atoms with E-state index in [1.165, 1.54) is 0 Å². The lowest BCUT2D eigenvalue weighted by molar-refractivity contribution is -0.121. The molecule has 0 radical (unpaired) electrons. The molecule has 2 amide bonds. The summed E-state index contributed by atoms with van der Waals surface area (Å²) in [6.07, 6.45) is 1.95.